The standard InChI is InChI=1S/C11H18N2OS/c1-5-13-7-6-12-10(13)15-8-9(14)11(2,3)4/h6-7H,5,8H2,1-4H3. The molecule has 0 N–H and O–H groups in total. The maximum absolute atomic E-state index is 11.7. The van der Waals surface area contributed by atoms with Gasteiger partial charge < -0.3 is 4.57 Å². The Hall–Kier alpha value is -0.770. The van der Waals surface area contributed by atoms with E-state index in [0.717, 1.165) is 11.7 Å². The molecular formula is C11H18N2OS. The van der Waals surface area contributed by atoms with E-state index in [4.69, 9.17) is 0 Å². The van der Waals surface area contributed by atoms with E-state index in [1.54, 1.807) is 6.20 Å². The molecule has 3 nitrogen and oxygen atoms in total. The Labute approximate surface area is 95.3 Å². The van der Waals surface area contributed by atoms with Gasteiger partial charge in [0.2, 0.25) is 0 Å². The smallest absolute Gasteiger partial charge is 0.168 e. The number of aromatic nitrogens is 2. The largest absolute Gasteiger partial charge is 0.326 e. The van der Waals surface area contributed by atoms with Crippen LogP contribution in [0, 0.1) is 5.41 Å². The van der Waals surface area contributed by atoms with Gasteiger partial charge in [0.15, 0.2) is 5.16 Å². The first-order valence-electron chi connectivity index (χ1n) is 5.12. The van der Waals surface area contributed by atoms with Crippen LogP contribution in [0.1, 0.15) is 27.7 Å². The Morgan fingerprint density at radius 1 is 1.53 bits per heavy atom. The molecule has 0 aliphatic rings. The summed E-state index contributed by atoms with van der Waals surface area (Å²) < 4.78 is 2.04. The number of carbonyl (C=O) groups excluding carboxylic acids is 1. The van der Waals surface area contributed by atoms with Gasteiger partial charge in [0.1, 0.15) is 5.78 Å². The van der Waals surface area contributed by atoms with Crippen molar-refractivity contribution in [2.24, 2.45) is 5.41 Å². The van der Waals surface area contributed by atoms with Crippen molar-refractivity contribution >= 4 is 17.5 Å². The molecule has 0 unspecified atom stereocenters. The number of ketones is 1. The van der Waals surface area contributed by atoms with E-state index in [0.29, 0.717) is 5.75 Å². The van der Waals surface area contributed by atoms with E-state index in [-0.39, 0.29) is 11.2 Å². The number of thioether (sulfide) groups is 1. The van der Waals surface area contributed by atoms with Gasteiger partial charge in [0.25, 0.3) is 0 Å². The van der Waals surface area contributed by atoms with E-state index < -0.39 is 0 Å². The topological polar surface area (TPSA) is 34.9 Å². The van der Waals surface area contributed by atoms with Crippen LogP contribution in [-0.2, 0) is 11.3 Å². The molecule has 0 radical (unpaired) electrons. The van der Waals surface area contributed by atoms with Crippen molar-refractivity contribution < 1.29 is 4.79 Å². The van der Waals surface area contributed by atoms with Crippen molar-refractivity contribution in [1.82, 2.24) is 9.55 Å². The number of hydrogen-bond donors (Lipinski definition) is 0. The van der Waals surface area contributed by atoms with Crippen molar-refractivity contribution in [2.45, 2.75) is 39.4 Å². The van der Waals surface area contributed by atoms with Crippen molar-refractivity contribution in [1.29, 1.82) is 0 Å². The summed E-state index contributed by atoms with van der Waals surface area (Å²) in [6.45, 7) is 8.80. The summed E-state index contributed by atoms with van der Waals surface area (Å²) in [6.07, 6.45) is 3.71. The van der Waals surface area contributed by atoms with E-state index in [9.17, 15) is 4.79 Å². The second kappa shape index (κ2) is 4.84. The van der Waals surface area contributed by atoms with Crippen LogP contribution in [0.15, 0.2) is 17.6 Å². The van der Waals surface area contributed by atoms with Crippen LogP contribution in [0.5, 0.6) is 0 Å². The predicted octanol–water partition coefficient (Wildman–Crippen LogP) is 2.61. The summed E-state index contributed by atoms with van der Waals surface area (Å²) in [5.41, 5.74) is -0.253. The molecule has 0 aromatic carbocycles. The molecule has 0 saturated heterocycles. The molecule has 0 fully saturated rings. The Kier molecular flexibility index (Phi) is 3.97. The molecule has 0 spiro atoms. The molecule has 4 heteroatoms. The van der Waals surface area contributed by atoms with Crippen LogP contribution in [-0.4, -0.2) is 21.1 Å². The van der Waals surface area contributed by atoms with Crippen LogP contribution in [0.3, 0.4) is 0 Å². The zero-order chi connectivity index (χ0) is 11.5. The summed E-state index contributed by atoms with van der Waals surface area (Å²) in [6, 6.07) is 0. The van der Waals surface area contributed by atoms with Crippen LogP contribution in [0.25, 0.3) is 0 Å². The van der Waals surface area contributed by atoms with Gasteiger partial charge in [-0.25, -0.2) is 4.98 Å². The fourth-order valence-electron chi connectivity index (χ4n) is 1.02. The monoisotopic (exact) mass is 226 g/mol. The third-order valence-corrected chi connectivity index (χ3v) is 3.19. The average Bonchev–Trinajstić information content (AvgIpc) is 2.59. The summed E-state index contributed by atoms with van der Waals surface area (Å²) in [4.78, 5) is 15.9. The number of hydrogen-bond acceptors (Lipinski definition) is 3. The SMILES string of the molecule is CCn1ccnc1SCC(=O)C(C)(C)C. The highest BCUT2D eigenvalue weighted by Gasteiger charge is 2.21. The summed E-state index contributed by atoms with van der Waals surface area (Å²) >= 11 is 1.52. The van der Waals surface area contributed by atoms with E-state index in [1.165, 1.54) is 11.8 Å². The van der Waals surface area contributed by atoms with Crippen LogP contribution >= 0.6 is 11.8 Å². The van der Waals surface area contributed by atoms with E-state index in [2.05, 4.69) is 11.9 Å². The summed E-state index contributed by atoms with van der Waals surface area (Å²) in [7, 11) is 0. The lowest BCUT2D eigenvalue weighted by Gasteiger charge is -2.15. The molecule has 0 bridgehead atoms. The van der Waals surface area contributed by atoms with Gasteiger partial charge in [-0.05, 0) is 6.92 Å². The van der Waals surface area contributed by atoms with E-state index in [1.807, 2.05) is 31.5 Å². The number of imidazole rings is 1. The molecule has 0 saturated carbocycles. The molecular weight excluding hydrogens is 208 g/mol. The molecule has 1 aromatic rings. The summed E-state index contributed by atoms with van der Waals surface area (Å²) in [5, 5.41) is 0.926. The minimum absolute atomic E-state index is 0.253. The van der Waals surface area contributed by atoms with Crippen LogP contribution < -0.4 is 0 Å². The fraction of sp³-hybridized carbons (Fsp3) is 0.636. The highest BCUT2D eigenvalue weighted by Crippen LogP contribution is 2.22. The van der Waals surface area contributed by atoms with Crippen molar-refractivity contribution in [2.75, 3.05) is 5.75 Å². The Bertz CT molecular complexity index is 339. The molecule has 0 amide bonds. The highest BCUT2D eigenvalue weighted by atomic mass is 32.2. The number of rotatable bonds is 4. The van der Waals surface area contributed by atoms with Gasteiger partial charge >= 0.3 is 0 Å². The molecule has 0 aliphatic heterocycles. The number of nitrogens with zero attached hydrogens (tertiary/aromatic N) is 2. The number of carbonyl (C=O) groups is 1. The maximum atomic E-state index is 11.7. The van der Waals surface area contributed by atoms with Gasteiger partial charge in [-0.15, -0.1) is 0 Å². The lowest BCUT2D eigenvalue weighted by molar-refractivity contribution is -0.123. The highest BCUT2D eigenvalue weighted by molar-refractivity contribution is 7.99. The minimum Gasteiger partial charge on any atom is -0.326 e. The van der Waals surface area contributed by atoms with Crippen LogP contribution in [0.4, 0.5) is 0 Å². The molecule has 1 rings (SSSR count). The maximum Gasteiger partial charge on any atom is 0.168 e. The fourth-order valence-corrected chi connectivity index (χ4v) is 2.21. The van der Waals surface area contributed by atoms with Crippen molar-refractivity contribution in [3.05, 3.63) is 12.4 Å². The second-order valence-corrected chi connectivity index (χ2v) is 5.40. The first-order chi connectivity index (χ1) is 6.95. The normalized spacial score (nSPS) is 11.7. The van der Waals surface area contributed by atoms with Crippen LogP contribution in [0.2, 0.25) is 0 Å². The third kappa shape index (κ3) is 3.38. The Balaban J connectivity index is 2.54. The third-order valence-electron chi connectivity index (χ3n) is 2.19. The zero-order valence-electron chi connectivity index (χ0n) is 9.78. The quantitative estimate of drug-likeness (QED) is 0.740. The molecule has 1 heterocycles. The molecule has 84 valence electrons. The molecule has 0 aliphatic carbocycles. The summed E-state index contributed by atoms with van der Waals surface area (Å²) in [5.74, 6) is 0.763. The van der Waals surface area contributed by atoms with E-state index >= 15 is 0 Å². The minimum atomic E-state index is -0.253. The lowest BCUT2D eigenvalue weighted by atomic mass is 9.92. The Morgan fingerprint density at radius 2 is 2.20 bits per heavy atom. The second-order valence-electron chi connectivity index (χ2n) is 4.46. The molecule has 1 aromatic heterocycles. The lowest BCUT2D eigenvalue weighted by Crippen LogP contribution is -2.22. The number of Topliss-reactive ketones (excluding diaryl/α,β-unsaturated/α-hetero) is 1. The first-order valence-corrected chi connectivity index (χ1v) is 6.11. The van der Waals surface area contributed by atoms with Gasteiger partial charge in [-0.1, -0.05) is 32.5 Å². The predicted molar refractivity (Wildman–Crippen MR) is 63.1 cm³/mol. The van der Waals surface area contributed by atoms with Crippen molar-refractivity contribution in [3.8, 4) is 0 Å². The van der Waals surface area contributed by atoms with Crippen molar-refractivity contribution in [3.63, 3.8) is 0 Å². The molecule has 15 heavy (non-hydrogen) atoms. The zero-order valence-corrected chi connectivity index (χ0v) is 10.6. The Morgan fingerprint density at radius 3 is 2.73 bits per heavy atom. The van der Waals surface area contributed by atoms with Gasteiger partial charge in [-0.3, -0.25) is 4.79 Å². The average molecular weight is 226 g/mol. The first kappa shape index (κ1) is 12.3. The van der Waals surface area contributed by atoms with Gasteiger partial charge in [-0.2, -0.15) is 0 Å². The number of aryl methyl sites for hydroxylation is 1. The van der Waals surface area contributed by atoms with Gasteiger partial charge in [0.05, 0.1) is 5.75 Å². The van der Waals surface area contributed by atoms with Gasteiger partial charge in [0, 0.05) is 24.4 Å². The molecule has 0 atom stereocenters.